The molecule has 3 N–H and O–H groups in total. The fraction of sp³-hybridized carbons (Fsp3) is 0.217. The Morgan fingerprint density at radius 2 is 1.78 bits per heavy atom. The Bertz CT molecular complexity index is 1200. The molecule has 1 amide bonds. The first kappa shape index (κ1) is 22.5. The second-order valence-electron chi connectivity index (χ2n) is 7.10. The third-order valence-corrected chi connectivity index (χ3v) is 4.74. The van der Waals surface area contributed by atoms with Gasteiger partial charge in [0.2, 0.25) is 0 Å². The zero-order valence-corrected chi connectivity index (χ0v) is 17.1. The summed E-state index contributed by atoms with van der Waals surface area (Å²) in [7, 11) is 0. The molecule has 1 aromatic heterocycles. The zero-order valence-electron chi connectivity index (χ0n) is 17.1. The lowest BCUT2D eigenvalue weighted by Gasteiger charge is -2.18. The smallest absolute Gasteiger partial charge is 0.336 e. The molecule has 9 heteroatoms. The summed E-state index contributed by atoms with van der Waals surface area (Å²) in [5, 5.41) is 20.8. The molecule has 0 aliphatic heterocycles. The second-order valence-corrected chi connectivity index (χ2v) is 7.10. The highest BCUT2D eigenvalue weighted by atomic mass is 16.5. The fourth-order valence-corrected chi connectivity index (χ4v) is 3.14. The van der Waals surface area contributed by atoms with Crippen LogP contribution in [0, 0.1) is 0 Å². The van der Waals surface area contributed by atoms with Crippen LogP contribution in [0.1, 0.15) is 19.8 Å². The van der Waals surface area contributed by atoms with E-state index in [0.29, 0.717) is 10.9 Å². The van der Waals surface area contributed by atoms with Gasteiger partial charge in [-0.2, -0.15) is 0 Å². The SMILES string of the molecule is C[C@H](Oc1ccc2c(-c3ccccc3)cc(=O)oc2c1)C(=O)N[C@@H](CCC(=O)O)C(=O)O. The molecule has 0 aliphatic rings. The van der Waals surface area contributed by atoms with Crippen LogP contribution in [0.5, 0.6) is 5.75 Å². The number of carboxylic acid groups (broad SMARTS) is 2. The van der Waals surface area contributed by atoms with Gasteiger partial charge in [0.1, 0.15) is 17.4 Å². The molecular weight excluding hydrogens is 418 g/mol. The van der Waals surface area contributed by atoms with Crippen molar-refractivity contribution in [1.82, 2.24) is 5.32 Å². The molecule has 2 aromatic carbocycles. The Kier molecular flexibility index (Phi) is 6.89. The minimum absolute atomic E-state index is 0.242. The van der Waals surface area contributed by atoms with Crippen LogP contribution in [0.2, 0.25) is 0 Å². The quantitative estimate of drug-likeness (QED) is 0.432. The maximum absolute atomic E-state index is 12.3. The number of carbonyl (C=O) groups is 3. The highest BCUT2D eigenvalue weighted by Gasteiger charge is 2.24. The standard InChI is InChI=1S/C23H21NO8/c1-13(22(28)24-18(23(29)30)9-10-20(25)26)31-15-7-8-16-17(14-5-3-2-4-6-14)12-21(27)32-19(16)11-15/h2-8,11-13,18H,9-10H2,1H3,(H,24,28)(H,25,26)(H,29,30)/t13-,18-/m0/s1. The summed E-state index contributed by atoms with van der Waals surface area (Å²) in [6, 6.07) is 14.2. The molecule has 0 saturated heterocycles. The molecule has 0 aliphatic carbocycles. The number of carbonyl (C=O) groups excluding carboxylic acids is 1. The van der Waals surface area contributed by atoms with Crippen LogP contribution in [-0.4, -0.2) is 40.2 Å². The first-order chi connectivity index (χ1) is 15.2. The largest absolute Gasteiger partial charge is 0.481 e. The number of fused-ring (bicyclic) bond motifs is 1. The fourth-order valence-electron chi connectivity index (χ4n) is 3.14. The molecule has 0 bridgehead atoms. The van der Waals surface area contributed by atoms with Crippen LogP contribution in [0.15, 0.2) is 63.8 Å². The van der Waals surface area contributed by atoms with Crippen LogP contribution >= 0.6 is 0 Å². The molecule has 32 heavy (non-hydrogen) atoms. The topological polar surface area (TPSA) is 143 Å². The first-order valence-corrected chi connectivity index (χ1v) is 9.79. The third kappa shape index (κ3) is 5.51. The number of hydrogen-bond donors (Lipinski definition) is 3. The molecule has 166 valence electrons. The van der Waals surface area contributed by atoms with Crippen LogP contribution < -0.4 is 15.7 Å². The Balaban J connectivity index is 1.78. The maximum atomic E-state index is 12.3. The monoisotopic (exact) mass is 439 g/mol. The number of aliphatic carboxylic acids is 2. The van der Waals surface area contributed by atoms with Gasteiger partial charge in [-0.3, -0.25) is 9.59 Å². The van der Waals surface area contributed by atoms with Crippen molar-refractivity contribution in [3.8, 4) is 16.9 Å². The van der Waals surface area contributed by atoms with Gasteiger partial charge in [0, 0.05) is 23.9 Å². The third-order valence-electron chi connectivity index (χ3n) is 4.74. The van der Waals surface area contributed by atoms with Gasteiger partial charge in [-0.15, -0.1) is 0 Å². The van der Waals surface area contributed by atoms with E-state index in [-0.39, 0.29) is 17.8 Å². The predicted octanol–water partition coefficient (Wildman–Crippen LogP) is 2.66. The van der Waals surface area contributed by atoms with Crippen LogP contribution in [0.4, 0.5) is 0 Å². The normalized spacial score (nSPS) is 12.7. The van der Waals surface area contributed by atoms with E-state index in [0.717, 1.165) is 5.56 Å². The summed E-state index contributed by atoms with van der Waals surface area (Å²) in [5.74, 6) is -2.98. The molecule has 9 nitrogen and oxygen atoms in total. The number of ether oxygens (including phenoxy) is 1. The van der Waals surface area contributed by atoms with Crippen molar-refractivity contribution in [3.05, 3.63) is 65.0 Å². The van der Waals surface area contributed by atoms with E-state index in [2.05, 4.69) is 5.32 Å². The summed E-state index contributed by atoms with van der Waals surface area (Å²) >= 11 is 0. The molecule has 2 atom stereocenters. The molecule has 0 radical (unpaired) electrons. The lowest BCUT2D eigenvalue weighted by atomic mass is 10.0. The van der Waals surface area contributed by atoms with E-state index in [1.54, 1.807) is 12.1 Å². The molecule has 3 aromatic rings. The van der Waals surface area contributed by atoms with Crippen LogP contribution in [0.25, 0.3) is 22.1 Å². The highest BCUT2D eigenvalue weighted by Crippen LogP contribution is 2.29. The van der Waals surface area contributed by atoms with Crippen LogP contribution in [0.3, 0.4) is 0 Å². The van der Waals surface area contributed by atoms with Gasteiger partial charge in [-0.25, -0.2) is 9.59 Å². The predicted molar refractivity (Wildman–Crippen MR) is 114 cm³/mol. The minimum atomic E-state index is -1.35. The van der Waals surface area contributed by atoms with Crippen molar-refractivity contribution in [3.63, 3.8) is 0 Å². The number of nitrogens with one attached hydrogen (secondary N) is 1. The lowest BCUT2D eigenvalue weighted by molar-refractivity contribution is -0.144. The molecule has 1 heterocycles. The van der Waals surface area contributed by atoms with Crippen molar-refractivity contribution in [2.75, 3.05) is 0 Å². The molecule has 0 spiro atoms. The minimum Gasteiger partial charge on any atom is -0.481 e. The van der Waals surface area contributed by atoms with Gasteiger partial charge in [0.25, 0.3) is 5.91 Å². The van der Waals surface area contributed by atoms with Gasteiger partial charge in [0.05, 0.1) is 0 Å². The van der Waals surface area contributed by atoms with Gasteiger partial charge in [0.15, 0.2) is 6.10 Å². The molecular formula is C23H21NO8. The number of carboxylic acids is 2. The summed E-state index contributed by atoms with van der Waals surface area (Å²) in [6.07, 6.45) is -1.74. The molecule has 0 saturated carbocycles. The van der Waals surface area contributed by atoms with Crippen molar-refractivity contribution in [2.45, 2.75) is 31.9 Å². The molecule has 0 fully saturated rings. The second kappa shape index (κ2) is 9.78. The Labute approximate surface area is 182 Å². The molecule has 3 rings (SSSR count). The summed E-state index contributed by atoms with van der Waals surface area (Å²) in [4.78, 5) is 46.3. The van der Waals surface area contributed by atoms with Crippen molar-refractivity contribution in [2.24, 2.45) is 0 Å². The number of amides is 1. The average molecular weight is 439 g/mol. The summed E-state index contributed by atoms with van der Waals surface area (Å²) < 4.78 is 10.9. The number of benzene rings is 2. The summed E-state index contributed by atoms with van der Waals surface area (Å²) in [6.45, 7) is 1.42. The van der Waals surface area contributed by atoms with E-state index in [1.165, 1.54) is 19.1 Å². The highest BCUT2D eigenvalue weighted by molar-refractivity contribution is 5.94. The van der Waals surface area contributed by atoms with Gasteiger partial charge in [-0.1, -0.05) is 30.3 Å². The van der Waals surface area contributed by atoms with Crippen LogP contribution in [-0.2, 0) is 14.4 Å². The van der Waals surface area contributed by atoms with E-state index in [9.17, 15) is 24.3 Å². The van der Waals surface area contributed by atoms with Crippen molar-refractivity contribution < 1.29 is 33.8 Å². The summed E-state index contributed by atoms with van der Waals surface area (Å²) in [5.41, 5.74) is 1.26. The first-order valence-electron chi connectivity index (χ1n) is 9.79. The molecule has 0 unspecified atom stereocenters. The number of rotatable bonds is 9. The van der Waals surface area contributed by atoms with E-state index >= 15 is 0 Å². The van der Waals surface area contributed by atoms with E-state index in [4.69, 9.17) is 14.3 Å². The Hall–Kier alpha value is -4.14. The Morgan fingerprint density at radius 3 is 2.44 bits per heavy atom. The maximum Gasteiger partial charge on any atom is 0.336 e. The Morgan fingerprint density at radius 1 is 1.06 bits per heavy atom. The van der Waals surface area contributed by atoms with Crippen molar-refractivity contribution in [1.29, 1.82) is 0 Å². The lowest BCUT2D eigenvalue weighted by Crippen LogP contribution is -2.46. The average Bonchev–Trinajstić information content (AvgIpc) is 2.75. The zero-order chi connectivity index (χ0) is 23.3. The van der Waals surface area contributed by atoms with Crippen molar-refractivity contribution >= 4 is 28.8 Å². The van der Waals surface area contributed by atoms with E-state index < -0.39 is 42.0 Å². The number of hydrogen-bond acceptors (Lipinski definition) is 6. The van der Waals surface area contributed by atoms with Gasteiger partial charge < -0.3 is 24.7 Å². The van der Waals surface area contributed by atoms with Gasteiger partial charge >= 0.3 is 17.6 Å². The van der Waals surface area contributed by atoms with E-state index in [1.807, 2.05) is 30.3 Å². The van der Waals surface area contributed by atoms with Gasteiger partial charge in [-0.05, 0) is 36.6 Å².